The average molecular weight is 226 g/mol. The number of likely N-dealkylation sites (tertiary alicyclic amines) is 1. The van der Waals surface area contributed by atoms with E-state index in [9.17, 15) is 0 Å². The number of hydrogen-bond donors (Lipinski definition) is 1. The fourth-order valence-electron chi connectivity index (χ4n) is 3.52. The third-order valence-corrected chi connectivity index (χ3v) is 4.19. The summed E-state index contributed by atoms with van der Waals surface area (Å²) >= 11 is 0. The van der Waals surface area contributed by atoms with E-state index >= 15 is 0 Å². The van der Waals surface area contributed by atoms with Crippen LogP contribution in [0.2, 0.25) is 0 Å². The molecule has 0 aromatic heterocycles. The maximum absolute atomic E-state index is 5.16. The maximum Gasteiger partial charge on any atom is 0.0474 e. The van der Waals surface area contributed by atoms with Crippen LogP contribution in [0.3, 0.4) is 0 Å². The van der Waals surface area contributed by atoms with Gasteiger partial charge in [-0.05, 0) is 44.7 Å². The minimum Gasteiger partial charge on any atom is -0.385 e. The Bertz CT molecular complexity index is 222. The lowest BCUT2D eigenvalue weighted by Gasteiger charge is -2.44. The molecule has 0 radical (unpaired) electrons. The van der Waals surface area contributed by atoms with Crippen molar-refractivity contribution in [3.8, 4) is 0 Å². The molecular weight excluding hydrogens is 200 g/mol. The van der Waals surface area contributed by atoms with Crippen LogP contribution in [0.5, 0.6) is 0 Å². The van der Waals surface area contributed by atoms with Gasteiger partial charge in [-0.15, -0.1) is 0 Å². The third kappa shape index (κ3) is 2.58. The molecule has 2 saturated heterocycles. The number of ether oxygens (including phenoxy) is 1. The van der Waals surface area contributed by atoms with Gasteiger partial charge >= 0.3 is 0 Å². The second-order valence-corrected chi connectivity index (χ2v) is 5.60. The van der Waals surface area contributed by atoms with Crippen molar-refractivity contribution in [2.24, 2.45) is 5.92 Å². The highest BCUT2D eigenvalue weighted by atomic mass is 16.5. The minimum atomic E-state index is 0.478. The SMILES string of the molecule is COCCCN1CCCC12CNCC(C)C2. The third-order valence-electron chi connectivity index (χ3n) is 4.19. The lowest BCUT2D eigenvalue weighted by molar-refractivity contribution is 0.0739. The lowest BCUT2D eigenvalue weighted by atomic mass is 9.82. The van der Waals surface area contributed by atoms with Crippen molar-refractivity contribution in [2.45, 2.75) is 38.1 Å². The fraction of sp³-hybridized carbons (Fsp3) is 1.00. The first-order valence-electron chi connectivity index (χ1n) is 6.71. The smallest absolute Gasteiger partial charge is 0.0474 e. The van der Waals surface area contributed by atoms with Gasteiger partial charge < -0.3 is 10.1 Å². The summed E-state index contributed by atoms with van der Waals surface area (Å²) in [6, 6.07) is 0. The number of piperidine rings is 1. The van der Waals surface area contributed by atoms with E-state index in [1.54, 1.807) is 7.11 Å². The molecule has 0 saturated carbocycles. The predicted octanol–water partition coefficient (Wildman–Crippen LogP) is 1.49. The monoisotopic (exact) mass is 226 g/mol. The van der Waals surface area contributed by atoms with E-state index in [-0.39, 0.29) is 0 Å². The molecule has 2 aliphatic heterocycles. The van der Waals surface area contributed by atoms with Gasteiger partial charge in [-0.1, -0.05) is 6.92 Å². The van der Waals surface area contributed by atoms with Crippen LogP contribution in [-0.4, -0.2) is 50.3 Å². The summed E-state index contributed by atoms with van der Waals surface area (Å²) in [5.41, 5.74) is 0.478. The molecule has 16 heavy (non-hydrogen) atoms. The minimum absolute atomic E-state index is 0.478. The van der Waals surface area contributed by atoms with Crippen molar-refractivity contribution in [3.63, 3.8) is 0 Å². The molecule has 0 aliphatic carbocycles. The predicted molar refractivity (Wildman–Crippen MR) is 66.7 cm³/mol. The molecule has 1 spiro atoms. The summed E-state index contributed by atoms with van der Waals surface area (Å²) in [4.78, 5) is 2.72. The average Bonchev–Trinajstić information content (AvgIpc) is 2.62. The number of nitrogens with one attached hydrogen (secondary N) is 1. The molecular formula is C13H26N2O. The Morgan fingerprint density at radius 1 is 1.50 bits per heavy atom. The molecule has 3 heteroatoms. The number of rotatable bonds is 4. The normalized spacial score (nSPS) is 36.0. The Morgan fingerprint density at radius 2 is 2.38 bits per heavy atom. The molecule has 0 amide bonds. The van der Waals surface area contributed by atoms with Gasteiger partial charge in [0.15, 0.2) is 0 Å². The van der Waals surface area contributed by atoms with Crippen molar-refractivity contribution >= 4 is 0 Å². The van der Waals surface area contributed by atoms with Gasteiger partial charge in [0.05, 0.1) is 0 Å². The van der Waals surface area contributed by atoms with Gasteiger partial charge in [0.2, 0.25) is 0 Å². The van der Waals surface area contributed by atoms with E-state index in [0.717, 1.165) is 12.5 Å². The Morgan fingerprint density at radius 3 is 3.12 bits per heavy atom. The molecule has 3 nitrogen and oxygen atoms in total. The summed E-state index contributed by atoms with van der Waals surface area (Å²) in [5, 5.41) is 3.61. The van der Waals surface area contributed by atoms with E-state index in [1.807, 2.05) is 0 Å². The van der Waals surface area contributed by atoms with Crippen molar-refractivity contribution in [3.05, 3.63) is 0 Å². The molecule has 1 N–H and O–H groups in total. The van der Waals surface area contributed by atoms with Crippen molar-refractivity contribution in [1.29, 1.82) is 0 Å². The Labute approximate surface area is 99.5 Å². The summed E-state index contributed by atoms with van der Waals surface area (Å²) in [6.45, 7) is 8.17. The zero-order valence-electron chi connectivity index (χ0n) is 10.8. The Balaban J connectivity index is 1.90. The molecule has 0 aromatic rings. The quantitative estimate of drug-likeness (QED) is 0.735. The van der Waals surface area contributed by atoms with E-state index in [0.29, 0.717) is 5.54 Å². The molecule has 0 bridgehead atoms. The highest BCUT2D eigenvalue weighted by molar-refractivity contribution is 5.00. The summed E-state index contributed by atoms with van der Waals surface area (Å²) < 4.78 is 5.16. The van der Waals surface area contributed by atoms with E-state index in [4.69, 9.17) is 4.74 Å². The first-order chi connectivity index (χ1) is 7.77. The van der Waals surface area contributed by atoms with Crippen LogP contribution < -0.4 is 5.32 Å². The van der Waals surface area contributed by atoms with Gasteiger partial charge in [-0.3, -0.25) is 4.90 Å². The van der Waals surface area contributed by atoms with Crippen molar-refractivity contribution in [2.75, 3.05) is 39.9 Å². The van der Waals surface area contributed by atoms with Crippen LogP contribution in [0.4, 0.5) is 0 Å². The molecule has 2 atom stereocenters. The zero-order valence-corrected chi connectivity index (χ0v) is 10.8. The first-order valence-corrected chi connectivity index (χ1v) is 6.71. The largest absolute Gasteiger partial charge is 0.385 e. The molecule has 2 unspecified atom stereocenters. The molecule has 0 aromatic carbocycles. The standard InChI is InChI=1S/C13H26N2O/c1-12-9-13(11-14-10-12)5-3-6-15(13)7-4-8-16-2/h12,14H,3-11H2,1-2H3. The van der Waals surface area contributed by atoms with Gasteiger partial charge in [0, 0.05) is 32.3 Å². The summed E-state index contributed by atoms with van der Waals surface area (Å²) in [6.07, 6.45) is 5.32. The van der Waals surface area contributed by atoms with Crippen LogP contribution in [0, 0.1) is 5.92 Å². The number of methoxy groups -OCH3 is 1. The van der Waals surface area contributed by atoms with Gasteiger partial charge in [-0.2, -0.15) is 0 Å². The fourth-order valence-corrected chi connectivity index (χ4v) is 3.52. The summed E-state index contributed by atoms with van der Waals surface area (Å²) in [7, 11) is 1.80. The van der Waals surface area contributed by atoms with Crippen LogP contribution >= 0.6 is 0 Å². The van der Waals surface area contributed by atoms with E-state index in [2.05, 4.69) is 17.1 Å². The zero-order chi connectivity index (χ0) is 11.4. The second-order valence-electron chi connectivity index (χ2n) is 5.60. The van der Waals surface area contributed by atoms with Crippen LogP contribution in [0.15, 0.2) is 0 Å². The van der Waals surface area contributed by atoms with E-state index < -0.39 is 0 Å². The van der Waals surface area contributed by atoms with Crippen molar-refractivity contribution in [1.82, 2.24) is 10.2 Å². The Kier molecular flexibility index (Phi) is 4.22. The lowest BCUT2D eigenvalue weighted by Crippen LogP contribution is -2.56. The topological polar surface area (TPSA) is 24.5 Å². The molecule has 2 heterocycles. The van der Waals surface area contributed by atoms with Crippen LogP contribution in [0.25, 0.3) is 0 Å². The number of nitrogens with zero attached hydrogens (tertiary/aromatic N) is 1. The van der Waals surface area contributed by atoms with Gasteiger partial charge in [0.1, 0.15) is 0 Å². The van der Waals surface area contributed by atoms with E-state index in [1.165, 1.54) is 51.9 Å². The second kappa shape index (κ2) is 5.48. The molecule has 94 valence electrons. The highest BCUT2D eigenvalue weighted by Crippen LogP contribution is 2.36. The van der Waals surface area contributed by atoms with Crippen LogP contribution in [-0.2, 0) is 4.74 Å². The maximum atomic E-state index is 5.16. The number of hydrogen-bond acceptors (Lipinski definition) is 3. The Hall–Kier alpha value is -0.120. The molecule has 2 rings (SSSR count). The van der Waals surface area contributed by atoms with Crippen molar-refractivity contribution < 1.29 is 4.74 Å². The van der Waals surface area contributed by atoms with Gasteiger partial charge in [0.25, 0.3) is 0 Å². The molecule has 2 aliphatic rings. The van der Waals surface area contributed by atoms with Gasteiger partial charge in [-0.25, -0.2) is 0 Å². The molecule has 2 fully saturated rings. The highest BCUT2D eigenvalue weighted by Gasteiger charge is 2.42. The summed E-state index contributed by atoms with van der Waals surface area (Å²) in [5.74, 6) is 0.830. The van der Waals surface area contributed by atoms with Crippen LogP contribution in [0.1, 0.15) is 32.6 Å². The first kappa shape index (κ1) is 12.3.